The van der Waals surface area contributed by atoms with Crippen LogP contribution in [0.15, 0.2) is 0 Å². The first-order valence-electron chi connectivity index (χ1n) is 6.99. The van der Waals surface area contributed by atoms with Crippen LogP contribution < -0.4 is 0 Å². The monoisotopic (exact) mass is 252 g/mol. The van der Waals surface area contributed by atoms with Crippen LogP contribution in [0, 0.1) is 35.5 Å². The molecule has 4 nitrogen and oxygen atoms in total. The lowest BCUT2D eigenvalue weighted by Gasteiger charge is -2.55. The fraction of sp³-hybridized carbons (Fsp3) is 0.857. The van der Waals surface area contributed by atoms with Crippen molar-refractivity contribution in [2.45, 2.75) is 38.5 Å². The summed E-state index contributed by atoms with van der Waals surface area (Å²) in [6, 6.07) is 0. The molecule has 18 heavy (non-hydrogen) atoms. The number of carbonyl (C=O) groups is 2. The van der Waals surface area contributed by atoms with E-state index in [0.29, 0.717) is 11.8 Å². The summed E-state index contributed by atoms with van der Waals surface area (Å²) in [6.07, 6.45) is 5.68. The zero-order chi connectivity index (χ0) is 12.9. The number of hydrogen-bond acceptors (Lipinski definition) is 2. The molecule has 0 aliphatic heterocycles. The molecule has 4 aliphatic carbocycles. The van der Waals surface area contributed by atoms with Crippen molar-refractivity contribution in [2.24, 2.45) is 35.5 Å². The first-order valence-corrected chi connectivity index (χ1v) is 6.99. The first kappa shape index (κ1) is 12.0. The van der Waals surface area contributed by atoms with Gasteiger partial charge in [-0.2, -0.15) is 0 Å². The van der Waals surface area contributed by atoms with Gasteiger partial charge in [-0.25, -0.2) is 0 Å². The minimum absolute atomic E-state index is 0.117. The van der Waals surface area contributed by atoms with Crippen LogP contribution in [0.1, 0.15) is 38.5 Å². The van der Waals surface area contributed by atoms with E-state index in [1.807, 2.05) is 0 Å². The number of aliphatic carboxylic acids is 2. The third-order valence-electron chi connectivity index (χ3n) is 5.48. The fourth-order valence-electron chi connectivity index (χ4n) is 5.20. The van der Waals surface area contributed by atoms with Crippen LogP contribution in [-0.2, 0) is 9.59 Å². The molecule has 2 N–H and O–H groups in total. The van der Waals surface area contributed by atoms with E-state index in [4.69, 9.17) is 5.11 Å². The molecule has 4 bridgehead atoms. The van der Waals surface area contributed by atoms with Gasteiger partial charge in [-0.1, -0.05) is 0 Å². The Balaban J connectivity index is 1.81. The van der Waals surface area contributed by atoms with Crippen molar-refractivity contribution in [2.75, 3.05) is 0 Å². The van der Waals surface area contributed by atoms with E-state index in [1.165, 1.54) is 6.42 Å². The second-order valence-electron chi connectivity index (χ2n) is 6.55. The van der Waals surface area contributed by atoms with Crippen LogP contribution in [-0.4, -0.2) is 22.2 Å². The molecule has 4 rings (SSSR count). The Morgan fingerprint density at radius 2 is 1.44 bits per heavy atom. The maximum Gasteiger partial charge on any atom is 0.307 e. The molecule has 0 spiro atoms. The lowest BCUT2D eigenvalue weighted by Crippen LogP contribution is -2.49. The Kier molecular flexibility index (Phi) is 2.83. The van der Waals surface area contributed by atoms with Gasteiger partial charge in [-0.05, 0) is 61.7 Å². The predicted molar refractivity (Wildman–Crippen MR) is 63.9 cm³/mol. The Labute approximate surface area is 106 Å². The Morgan fingerprint density at radius 3 is 1.83 bits per heavy atom. The van der Waals surface area contributed by atoms with Crippen molar-refractivity contribution in [3.63, 3.8) is 0 Å². The third-order valence-corrected chi connectivity index (χ3v) is 5.48. The SMILES string of the molecule is O=C(O)CC(C(=O)O)C1C2CC3CC(C2)CC1C3. The number of hydrogen-bond donors (Lipinski definition) is 2. The van der Waals surface area contributed by atoms with Gasteiger partial charge in [0.1, 0.15) is 0 Å². The molecule has 4 saturated carbocycles. The molecule has 1 atom stereocenters. The van der Waals surface area contributed by atoms with Crippen molar-refractivity contribution in [3.05, 3.63) is 0 Å². The summed E-state index contributed by atoms with van der Waals surface area (Å²) in [7, 11) is 0. The van der Waals surface area contributed by atoms with E-state index in [0.717, 1.165) is 37.5 Å². The van der Waals surface area contributed by atoms with Crippen LogP contribution in [0.4, 0.5) is 0 Å². The van der Waals surface area contributed by atoms with Crippen molar-refractivity contribution in [3.8, 4) is 0 Å². The maximum absolute atomic E-state index is 11.4. The Morgan fingerprint density at radius 1 is 0.944 bits per heavy atom. The molecule has 1 unspecified atom stereocenters. The molecule has 4 heteroatoms. The van der Waals surface area contributed by atoms with Crippen molar-refractivity contribution in [1.82, 2.24) is 0 Å². The zero-order valence-corrected chi connectivity index (χ0v) is 10.4. The highest BCUT2D eigenvalue weighted by Gasteiger charge is 2.52. The Hall–Kier alpha value is -1.06. The summed E-state index contributed by atoms with van der Waals surface area (Å²) in [4.78, 5) is 22.3. The smallest absolute Gasteiger partial charge is 0.307 e. The maximum atomic E-state index is 11.4. The first-order chi connectivity index (χ1) is 8.54. The van der Waals surface area contributed by atoms with Gasteiger partial charge in [0.05, 0.1) is 12.3 Å². The van der Waals surface area contributed by atoms with Gasteiger partial charge < -0.3 is 10.2 Å². The van der Waals surface area contributed by atoms with Crippen LogP contribution in [0.2, 0.25) is 0 Å². The molecule has 4 aliphatic rings. The van der Waals surface area contributed by atoms with Gasteiger partial charge in [-0.15, -0.1) is 0 Å². The second-order valence-corrected chi connectivity index (χ2v) is 6.55. The molecule has 0 aromatic carbocycles. The van der Waals surface area contributed by atoms with Gasteiger partial charge in [0.15, 0.2) is 0 Å². The predicted octanol–water partition coefficient (Wildman–Crippen LogP) is 2.23. The molecule has 0 heterocycles. The van der Waals surface area contributed by atoms with Crippen LogP contribution in [0.5, 0.6) is 0 Å². The van der Waals surface area contributed by atoms with Crippen molar-refractivity contribution < 1.29 is 19.8 Å². The molecular weight excluding hydrogens is 232 g/mol. The van der Waals surface area contributed by atoms with Crippen LogP contribution in [0.3, 0.4) is 0 Å². The second kappa shape index (κ2) is 4.25. The normalized spacial score (nSPS) is 42.8. The fourth-order valence-corrected chi connectivity index (χ4v) is 5.20. The van der Waals surface area contributed by atoms with E-state index in [9.17, 15) is 14.7 Å². The average molecular weight is 252 g/mol. The zero-order valence-electron chi connectivity index (χ0n) is 10.4. The van der Waals surface area contributed by atoms with Gasteiger partial charge in [0, 0.05) is 0 Å². The molecule has 4 fully saturated rings. The van der Waals surface area contributed by atoms with E-state index < -0.39 is 17.9 Å². The summed E-state index contributed by atoms with van der Waals surface area (Å²) in [6.45, 7) is 0. The quantitative estimate of drug-likeness (QED) is 0.804. The van der Waals surface area contributed by atoms with E-state index in [1.54, 1.807) is 0 Å². The lowest BCUT2D eigenvalue weighted by molar-refractivity contribution is -0.157. The summed E-state index contributed by atoms with van der Waals surface area (Å²) in [5.74, 6) is 0.101. The molecule has 0 radical (unpaired) electrons. The van der Waals surface area contributed by atoms with Crippen molar-refractivity contribution >= 4 is 11.9 Å². The molecule has 0 aromatic heterocycles. The highest BCUT2D eigenvalue weighted by molar-refractivity contribution is 5.78. The summed E-state index contributed by atoms with van der Waals surface area (Å²) < 4.78 is 0. The largest absolute Gasteiger partial charge is 0.481 e. The molecule has 0 saturated heterocycles. The molecule has 0 amide bonds. The highest BCUT2D eigenvalue weighted by Crippen LogP contribution is 2.58. The van der Waals surface area contributed by atoms with Crippen LogP contribution in [0.25, 0.3) is 0 Å². The van der Waals surface area contributed by atoms with Gasteiger partial charge in [-0.3, -0.25) is 9.59 Å². The molecule has 100 valence electrons. The van der Waals surface area contributed by atoms with E-state index in [-0.39, 0.29) is 12.3 Å². The van der Waals surface area contributed by atoms with Crippen molar-refractivity contribution in [1.29, 1.82) is 0 Å². The van der Waals surface area contributed by atoms with Gasteiger partial charge in [0.2, 0.25) is 0 Å². The third kappa shape index (κ3) is 1.91. The van der Waals surface area contributed by atoms with E-state index in [2.05, 4.69) is 0 Å². The number of rotatable bonds is 4. The summed E-state index contributed by atoms with van der Waals surface area (Å²) in [5, 5.41) is 18.3. The minimum Gasteiger partial charge on any atom is -0.481 e. The van der Waals surface area contributed by atoms with E-state index >= 15 is 0 Å². The van der Waals surface area contributed by atoms with Gasteiger partial charge in [0.25, 0.3) is 0 Å². The lowest BCUT2D eigenvalue weighted by atomic mass is 9.49. The Bertz CT molecular complexity index is 348. The topological polar surface area (TPSA) is 74.6 Å². The number of carboxylic acids is 2. The summed E-state index contributed by atoms with van der Waals surface area (Å²) >= 11 is 0. The van der Waals surface area contributed by atoms with Gasteiger partial charge >= 0.3 is 11.9 Å². The van der Waals surface area contributed by atoms with Crippen LogP contribution >= 0.6 is 0 Å². The molecule has 0 aromatic rings. The summed E-state index contributed by atoms with van der Waals surface area (Å²) in [5.41, 5.74) is 0. The highest BCUT2D eigenvalue weighted by atomic mass is 16.4. The molecular formula is C14H20O4. The standard InChI is InChI=1S/C14H20O4/c15-12(16)6-11(14(17)18)13-9-2-7-1-8(4-9)5-10(13)3-7/h7-11,13H,1-6H2,(H,15,16)(H,17,18). The minimum atomic E-state index is -0.976. The average Bonchev–Trinajstić information content (AvgIpc) is 2.25. The number of carboxylic acid groups (broad SMARTS) is 2.